The number of nitrogens with one attached hydrogen (secondary N) is 1. The molecule has 0 fully saturated rings. The summed E-state index contributed by atoms with van der Waals surface area (Å²) < 4.78 is 0. The fourth-order valence-corrected chi connectivity index (χ4v) is 3.06. The van der Waals surface area contributed by atoms with Crippen molar-refractivity contribution in [3.63, 3.8) is 0 Å². The molecule has 25 heavy (non-hydrogen) atoms. The van der Waals surface area contributed by atoms with Crippen molar-refractivity contribution in [3.05, 3.63) is 68.8 Å². The summed E-state index contributed by atoms with van der Waals surface area (Å²) in [5.41, 5.74) is 3.75. The lowest BCUT2D eigenvalue weighted by molar-refractivity contribution is -0.120. The van der Waals surface area contributed by atoms with Gasteiger partial charge in [-0.1, -0.05) is 41.4 Å². The van der Waals surface area contributed by atoms with Crippen molar-refractivity contribution < 1.29 is 9.59 Å². The molecule has 2 aromatic carbocycles. The average molecular weight is 375 g/mol. The van der Waals surface area contributed by atoms with Crippen LogP contribution in [0.1, 0.15) is 16.7 Å². The molecule has 0 aromatic heterocycles. The van der Waals surface area contributed by atoms with Gasteiger partial charge in [-0.3, -0.25) is 9.59 Å². The van der Waals surface area contributed by atoms with Crippen molar-refractivity contribution in [2.75, 3.05) is 10.2 Å². The van der Waals surface area contributed by atoms with Crippen LogP contribution in [0.5, 0.6) is 0 Å². The summed E-state index contributed by atoms with van der Waals surface area (Å²) in [6.07, 6.45) is 0. The smallest absolute Gasteiger partial charge is 0.283 e. The Kier molecular flexibility index (Phi) is 4.58. The number of anilines is 2. The number of carbonyl (C=O) groups is 2. The largest absolute Gasteiger partial charge is 0.349 e. The zero-order valence-corrected chi connectivity index (χ0v) is 15.5. The van der Waals surface area contributed by atoms with Crippen LogP contribution in [0.3, 0.4) is 0 Å². The third-order valence-electron chi connectivity index (χ3n) is 4.16. The lowest BCUT2D eigenvalue weighted by Gasteiger charge is -2.18. The average Bonchev–Trinajstić information content (AvgIpc) is 2.78. The summed E-state index contributed by atoms with van der Waals surface area (Å²) in [6.45, 7) is 5.57. The van der Waals surface area contributed by atoms with Crippen molar-refractivity contribution in [1.29, 1.82) is 0 Å². The number of imide groups is 1. The van der Waals surface area contributed by atoms with E-state index in [2.05, 4.69) is 5.32 Å². The maximum atomic E-state index is 12.9. The standard InChI is InChI=1S/C19H16Cl2N2O2/c1-10-7-8-11(2)15(9-10)23-18(24)16(21)17(19(23)25)22-14-6-4-5-13(20)12(14)3/h4-9,22H,1-3H3. The van der Waals surface area contributed by atoms with E-state index in [4.69, 9.17) is 23.2 Å². The molecule has 2 aromatic rings. The molecule has 0 saturated heterocycles. The molecule has 1 N–H and O–H groups in total. The first-order valence-electron chi connectivity index (χ1n) is 7.69. The van der Waals surface area contributed by atoms with Crippen LogP contribution in [0.2, 0.25) is 5.02 Å². The lowest BCUT2D eigenvalue weighted by Crippen LogP contribution is -2.33. The molecular formula is C19H16Cl2N2O2. The molecule has 0 spiro atoms. The van der Waals surface area contributed by atoms with Gasteiger partial charge in [-0.05, 0) is 55.7 Å². The van der Waals surface area contributed by atoms with Gasteiger partial charge in [0.15, 0.2) is 0 Å². The molecule has 128 valence electrons. The first-order chi connectivity index (χ1) is 11.8. The number of benzene rings is 2. The van der Waals surface area contributed by atoms with E-state index < -0.39 is 11.8 Å². The van der Waals surface area contributed by atoms with Crippen molar-refractivity contribution in [3.8, 4) is 0 Å². The molecule has 1 aliphatic rings. The van der Waals surface area contributed by atoms with Crippen molar-refractivity contribution >= 4 is 46.4 Å². The van der Waals surface area contributed by atoms with E-state index in [0.717, 1.165) is 21.6 Å². The molecule has 6 heteroatoms. The number of hydrogen-bond donors (Lipinski definition) is 1. The number of aryl methyl sites for hydroxylation is 2. The molecule has 0 bridgehead atoms. The molecule has 0 saturated carbocycles. The van der Waals surface area contributed by atoms with Crippen LogP contribution < -0.4 is 10.2 Å². The summed E-state index contributed by atoms with van der Waals surface area (Å²) >= 11 is 12.3. The first kappa shape index (κ1) is 17.5. The fourth-order valence-electron chi connectivity index (χ4n) is 2.67. The van der Waals surface area contributed by atoms with Gasteiger partial charge in [0.25, 0.3) is 11.8 Å². The third-order valence-corrected chi connectivity index (χ3v) is 4.92. The van der Waals surface area contributed by atoms with Crippen LogP contribution in [0, 0.1) is 20.8 Å². The zero-order chi connectivity index (χ0) is 18.3. The highest BCUT2D eigenvalue weighted by atomic mass is 35.5. The monoisotopic (exact) mass is 374 g/mol. The molecule has 0 radical (unpaired) electrons. The Morgan fingerprint density at radius 2 is 1.68 bits per heavy atom. The summed E-state index contributed by atoms with van der Waals surface area (Å²) in [4.78, 5) is 26.5. The molecule has 1 heterocycles. The van der Waals surface area contributed by atoms with Crippen LogP contribution in [0.25, 0.3) is 0 Å². The number of hydrogen-bond acceptors (Lipinski definition) is 3. The fraction of sp³-hybridized carbons (Fsp3) is 0.158. The van der Waals surface area contributed by atoms with Gasteiger partial charge in [-0.25, -0.2) is 4.90 Å². The molecular weight excluding hydrogens is 359 g/mol. The minimum atomic E-state index is -0.539. The van der Waals surface area contributed by atoms with E-state index >= 15 is 0 Å². The van der Waals surface area contributed by atoms with Gasteiger partial charge in [0.1, 0.15) is 10.7 Å². The molecule has 0 aliphatic carbocycles. The Bertz CT molecular complexity index is 935. The van der Waals surface area contributed by atoms with Crippen LogP contribution in [0.4, 0.5) is 11.4 Å². The van der Waals surface area contributed by atoms with Gasteiger partial charge in [-0.15, -0.1) is 0 Å². The van der Waals surface area contributed by atoms with Gasteiger partial charge in [0, 0.05) is 10.7 Å². The minimum Gasteiger partial charge on any atom is -0.349 e. The number of rotatable bonds is 3. The second kappa shape index (κ2) is 6.54. The van der Waals surface area contributed by atoms with E-state index in [9.17, 15) is 9.59 Å². The maximum Gasteiger partial charge on any atom is 0.283 e. The van der Waals surface area contributed by atoms with E-state index in [1.54, 1.807) is 24.3 Å². The number of nitrogens with zero attached hydrogens (tertiary/aromatic N) is 1. The second-order valence-corrected chi connectivity index (χ2v) is 6.75. The van der Waals surface area contributed by atoms with Crippen molar-refractivity contribution in [2.45, 2.75) is 20.8 Å². The number of amides is 2. The summed E-state index contributed by atoms with van der Waals surface area (Å²) in [6, 6.07) is 10.9. The molecule has 0 unspecified atom stereocenters. The number of carbonyl (C=O) groups excluding carboxylic acids is 2. The Hall–Kier alpha value is -2.30. The van der Waals surface area contributed by atoms with Gasteiger partial charge in [0.2, 0.25) is 0 Å². The van der Waals surface area contributed by atoms with E-state index in [1.165, 1.54) is 0 Å². The van der Waals surface area contributed by atoms with Crippen LogP contribution >= 0.6 is 23.2 Å². The molecule has 2 amide bonds. The molecule has 3 rings (SSSR count). The summed E-state index contributed by atoms with van der Waals surface area (Å²) in [5.74, 6) is -1.02. The minimum absolute atomic E-state index is 0.0536. The van der Waals surface area contributed by atoms with Gasteiger partial charge in [0.05, 0.1) is 5.69 Å². The van der Waals surface area contributed by atoms with Crippen molar-refractivity contribution in [2.24, 2.45) is 0 Å². The van der Waals surface area contributed by atoms with Crippen molar-refractivity contribution in [1.82, 2.24) is 0 Å². The SMILES string of the molecule is Cc1ccc(C)c(N2C(=O)C(Cl)=C(Nc3cccc(Cl)c3C)C2=O)c1. The topological polar surface area (TPSA) is 49.4 Å². The Labute approximate surface area is 156 Å². The summed E-state index contributed by atoms with van der Waals surface area (Å²) in [7, 11) is 0. The maximum absolute atomic E-state index is 12.9. The third kappa shape index (κ3) is 3.03. The van der Waals surface area contributed by atoms with E-state index in [1.807, 2.05) is 32.9 Å². The predicted octanol–water partition coefficient (Wildman–Crippen LogP) is 4.70. The second-order valence-electron chi connectivity index (χ2n) is 5.96. The predicted molar refractivity (Wildman–Crippen MR) is 101 cm³/mol. The highest BCUT2D eigenvalue weighted by molar-refractivity contribution is 6.53. The number of halogens is 2. The molecule has 0 atom stereocenters. The van der Waals surface area contributed by atoms with E-state index in [-0.39, 0.29) is 10.7 Å². The first-order valence-corrected chi connectivity index (χ1v) is 8.45. The van der Waals surface area contributed by atoms with Crippen LogP contribution in [0.15, 0.2) is 47.1 Å². The van der Waals surface area contributed by atoms with E-state index in [0.29, 0.717) is 16.4 Å². The molecule has 1 aliphatic heterocycles. The highest BCUT2D eigenvalue weighted by Crippen LogP contribution is 2.33. The molecule has 4 nitrogen and oxygen atoms in total. The van der Waals surface area contributed by atoms with Crippen LogP contribution in [-0.2, 0) is 9.59 Å². The normalized spacial score (nSPS) is 14.5. The Morgan fingerprint density at radius 1 is 0.960 bits per heavy atom. The zero-order valence-electron chi connectivity index (χ0n) is 14.0. The highest BCUT2D eigenvalue weighted by Gasteiger charge is 2.39. The Balaban J connectivity index is 2.00. The van der Waals surface area contributed by atoms with Crippen LogP contribution in [-0.4, -0.2) is 11.8 Å². The Morgan fingerprint density at radius 3 is 2.40 bits per heavy atom. The van der Waals surface area contributed by atoms with Gasteiger partial charge < -0.3 is 5.32 Å². The van der Waals surface area contributed by atoms with Gasteiger partial charge >= 0.3 is 0 Å². The van der Waals surface area contributed by atoms with Gasteiger partial charge in [-0.2, -0.15) is 0 Å². The lowest BCUT2D eigenvalue weighted by atomic mass is 10.1. The quantitative estimate of drug-likeness (QED) is 0.791. The summed E-state index contributed by atoms with van der Waals surface area (Å²) in [5, 5.41) is 3.39.